The molecule has 0 unspecified atom stereocenters. The maximum atomic E-state index is 5.09. The molecular weight excluding hydrogens is 496 g/mol. The maximum absolute atomic E-state index is 5.09. The van der Waals surface area contributed by atoms with Gasteiger partial charge >= 0.3 is 0 Å². The van der Waals surface area contributed by atoms with Crippen molar-refractivity contribution in [2.24, 2.45) is 9.98 Å². The Morgan fingerprint density at radius 2 is 1.05 bits per heavy atom. The topological polar surface area (TPSA) is 24.7 Å². The third-order valence-corrected chi connectivity index (χ3v) is 7.22. The Morgan fingerprint density at radius 3 is 1.73 bits per heavy atom. The van der Waals surface area contributed by atoms with E-state index in [1.54, 1.807) is 6.08 Å². The Hall–Kier alpha value is -5.34. The molecule has 0 aliphatic heterocycles. The highest BCUT2D eigenvalue weighted by Gasteiger charge is 2.09. The molecule has 0 bridgehead atoms. The summed E-state index contributed by atoms with van der Waals surface area (Å²) in [6.45, 7) is 5.98. The zero-order valence-electron chi connectivity index (χ0n) is 23.0. The molecule has 0 aliphatic rings. The first-order valence-electron chi connectivity index (χ1n) is 13.8. The minimum atomic E-state index is 0.659. The lowest BCUT2D eigenvalue weighted by Crippen LogP contribution is -2.04. The van der Waals surface area contributed by atoms with Gasteiger partial charge in [0.1, 0.15) is 0 Å². The second kappa shape index (κ2) is 11.8. The molecule has 0 N–H and O–H groups in total. The molecule has 6 rings (SSSR count). The highest BCUT2D eigenvalue weighted by Crippen LogP contribution is 2.30. The first-order chi connectivity index (χ1) is 20.2. The molecule has 0 radical (unpaired) electrons. The van der Waals surface area contributed by atoms with Gasteiger partial charge in [0.05, 0.1) is 5.70 Å². The lowest BCUT2D eigenvalue weighted by molar-refractivity contribution is 1.44. The standard InChI is InChI=1S/C39H30N2/c1-3-12-38(41-39(31-16-8-5-9-17-31)40-28(2)29-13-6-4-7-14-29)37-24-23-35-26-34(21-22-36(35)27-37)33-20-19-30-15-10-11-18-32(30)25-33/h3-27H,1H2,2H3/b38-12+,40-28?,41-39?. The summed E-state index contributed by atoms with van der Waals surface area (Å²) in [4.78, 5) is 10.1. The number of aliphatic imine (C=N–C) groups is 2. The summed E-state index contributed by atoms with van der Waals surface area (Å²) in [6, 6.07) is 48.5. The van der Waals surface area contributed by atoms with Gasteiger partial charge in [-0.05, 0) is 69.4 Å². The number of rotatable bonds is 6. The van der Waals surface area contributed by atoms with E-state index in [1.807, 2.05) is 61.5 Å². The van der Waals surface area contributed by atoms with Crippen LogP contribution in [0.4, 0.5) is 0 Å². The number of amidine groups is 1. The van der Waals surface area contributed by atoms with E-state index in [0.717, 1.165) is 33.5 Å². The predicted molar refractivity (Wildman–Crippen MR) is 177 cm³/mol. The molecule has 2 nitrogen and oxygen atoms in total. The van der Waals surface area contributed by atoms with E-state index in [4.69, 9.17) is 9.98 Å². The van der Waals surface area contributed by atoms with Crippen molar-refractivity contribution in [3.63, 3.8) is 0 Å². The summed E-state index contributed by atoms with van der Waals surface area (Å²) in [5.41, 5.74) is 7.17. The summed E-state index contributed by atoms with van der Waals surface area (Å²) in [6.07, 6.45) is 3.73. The molecule has 2 heteroatoms. The number of hydrogen-bond acceptors (Lipinski definition) is 1. The highest BCUT2D eigenvalue weighted by molar-refractivity contribution is 6.12. The quantitative estimate of drug-likeness (QED) is 0.117. The van der Waals surface area contributed by atoms with Gasteiger partial charge in [-0.15, -0.1) is 0 Å². The minimum absolute atomic E-state index is 0.659. The molecule has 0 aromatic heterocycles. The second-order valence-corrected chi connectivity index (χ2v) is 9.99. The summed E-state index contributed by atoms with van der Waals surface area (Å²) in [5.74, 6) is 0.659. The van der Waals surface area contributed by atoms with Gasteiger partial charge in [0, 0.05) is 16.8 Å². The SMILES string of the molecule is C=C/C=C(/N=C(N=C(C)c1ccccc1)c1ccccc1)c1ccc2cc(-c3ccc4ccccc4c3)ccc2c1. The number of benzene rings is 6. The molecule has 0 saturated carbocycles. The molecule has 0 heterocycles. The molecule has 6 aromatic carbocycles. The third kappa shape index (κ3) is 5.83. The van der Waals surface area contributed by atoms with Gasteiger partial charge in [-0.3, -0.25) is 0 Å². The van der Waals surface area contributed by atoms with Gasteiger partial charge in [0.25, 0.3) is 0 Å². The smallest absolute Gasteiger partial charge is 0.160 e. The molecule has 0 spiro atoms. The van der Waals surface area contributed by atoms with E-state index in [9.17, 15) is 0 Å². The molecule has 0 amide bonds. The second-order valence-electron chi connectivity index (χ2n) is 9.99. The lowest BCUT2D eigenvalue weighted by atomic mass is 9.97. The van der Waals surface area contributed by atoms with Crippen LogP contribution in [0.5, 0.6) is 0 Å². The molecule has 41 heavy (non-hydrogen) atoms. The fraction of sp³-hybridized carbons (Fsp3) is 0.0256. The number of allylic oxidation sites excluding steroid dienone is 2. The Balaban J connectivity index is 1.39. The van der Waals surface area contributed by atoms with Crippen molar-refractivity contribution in [3.05, 3.63) is 175 Å². The van der Waals surface area contributed by atoms with Gasteiger partial charge in [0.15, 0.2) is 5.84 Å². The van der Waals surface area contributed by atoms with Gasteiger partial charge in [0.2, 0.25) is 0 Å². The zero-order chi connectivity index (χ0) is 28.0. The van der Waals surface area contributed by atoms with Crippen molar-refractivity contribution >= 4 is 38.8 Å². The van der Waals surface area contributed by atoms with Crippen molar-refractivity contribution < 1.29 is 0 Å². The van der Waals surface area contributed by atoms with Gasteiger partial charge < -0.3 is 0 Å². The predicted octanol–water partition coefficient (Wildman–Crippen LogP) is 10.1. The molecule has 6 aromatic rings. The van der Waals surface area contributed by atoms with E-state index in [-0.39, 0.29) is 0 Å². The van der Waals surface area contributed by atoms with Crippen LogP contribution >= 0.6 is 0 Å². The fourth-order valence-electron chi connectivity index (χ4n) is 5.02. The summed E-state index contributed by atoms with van der Waals surface area (Å²) in [7, 11) is 0. The molecular formula is C39H30N2. The average molecular weight is 527 g/mol. The lowest BCUT2D eigenvalue weighted by Gasteiger charge is -2.10. The van der Waals surface area contributed by atoms with Crippen molar-refractivity contribution in [3.8, 4) is 11.1 Å². The molecule has 196 valence electrons. The normalized spacial score (nSPS) is 12.6. The van der Waals surface area contributed by atoms with E-state index in [1.165, 1.54) is 27.3 Å². The fourth-order valence-corrected chi connectivity index (χ4v) is 5.02. The monoisotopic (exact) mass is 526 g/mol. The van der Waals surface area contributed by atoms with Crippen molar-refractivity contribution in [1.29, 1.82) is 0 Å². The number of nitrogens with zero attached hydrogens (tertiary/aromatic N) is 2. The van der Waals surface area contributed by atoms with Crippen molar-refractivity contribution in [2.75, 3.05) is 0 Å². The molecule has 0 saturated heterocycles. The van der Waals surface area contributed by atoms with Crippen molar-refractivity contribution in [2.45, 2.75) is 6.92 Å². The first kappa shape index (κ1) is 25.9. The van der Waals surface area contributed by atoms with E-state index in [2.05, 4.69) is 97.6 Å². The number of hydrogen-bond donors (Lipinski definition) is 0. The van der Waals surface area contributed by atoms with Crippen LogP contribution in [0.25, 0.3) is 38.4 Å². The summed E-state index contributed by atoms with van der Waals surface area (Å²) in [5, 5.41) is 4.84. The number of fused-ring (bicyclic) bond motifs is 2. The summed E-state index contributed by atoms with van der Waals surface area (Å²) >= 11 is 0. The van der Waals surface area contributed by atoms with Crippen LogP contribution in [0.2, 0.25) is 0 Å². The van der Waals surface area contributed by atoms with E-state index in [0.29, 0.717) is 5.84 Å². The van der Waals surface area contributed by atoms with Crippen LogP contribution < -0.4 is 0 Å². The van der Waals surface area contributed by atoms with Crippen LogP contribution in [-0.2, 0) is 0 Å². The van der Waals surface area contributed by atoms with Gasteiger partial charge in [-0.2, -0.15) is 0 Å². The Bertz CT molecular complexity index is 1940. The van der Waals surface area contributed by atoms with Crippen LogP contribution in [0.15, 0.2) is 168 Å². The van der Waals surface area contributed by atoms with Crippen LogP contribution in [0.1, 0.15) is 23.6 Å². The molecule has 0 atom stereocenters. The van der Waals surface area contributed by atoms with E-state index >= 15 is 0 Å². The zero-order valence-corrected chi connectivity index (χ0v) is 23.0. The maximum Gasteiger partial charge on any atom is 0.160 e. The Kier molecular flexibility index (Phi) is 7.46. The largest absolute Gasteiger partial charge is 0.233 e. The van der Waals surface area contributed by atoms with Crippen LogP contribution in [-0.4, -0.2) is 11.5 Å². The average Bonchev–Trinajstić information content (AvgIpc) is 3.04. The van der Waals surface area contributed by atoms with E-state index < -0.39 is 0 Å². The third-order valence-electron chi connectivity index (χ3n) is 7.22. The van der Waals surface area contributed by atoms with Gasteiger partial charge in [-0.25, -0.2) is 9.98 Å². The Labute approximate surface area is 241 Å². The molecule has 0 aliphatic carbocycles. The van der Waals surface area contributed by atoms with Crippen LogP contribution in [0, 0.1) is 0 Å². The highest BCUT2D eigenvalue weighted by atomic mass is 14.9. The summed E-state index contributed by atoms with van der Waals surface area (Å²) < 4.78 is 0. The van der Waals surface area contributed by atoms with Crippen molar-refractivity contribution in [1.82, 2.24) is 0 Å². The van der Waals surface area contributed by atoms with Crippen LogP contribution in [0.3, 0.4) is 0 Å². The minimum Gasteiger partial charge on any atom is -0.233 e. The first-order valence-corrected chi connectivity index (χ1v) is 13.8. The molecule has 0 fully saturated rings. The Morgan fingerprint density at radius 1 is 0.512 bits per heavy atom. The van der Waals surface area contributed by atoms with Gasteiger partial charge in [-0.1, -0.05) is 134 Å².